The average molecular weight is 2230 g/mol. The molecule has 8 aromatic carbocycles. The predicted octanol–water partition coefficient (Wildman–Crippen LogP) is 19.3. The van der Waals surface area contributed by atoms with Crippen molar-refractivity contribution in [2.24, 2.45) is 0 Å². The number of nitrogens with one attached hydrogen (secondary N) is 2. The van der Waals surface area contributed by atoms with Crippen LogP contribution in [0.25, 0.3) is 43.6 Å². The summed E-state index contributed by atoms with van der Waals surface area (Å²) in [5.74, 6) is -0.866. The highest BCUT2D eigenvalue weighted by Gasteiger charge is 2.38. The number of aromatic nitrogens is 4. The summed E-state index contributed by atoms with van der Waals surface area (Å²) in [7, 11) is -19.5. The first-order valence-electron chi connectivity index (χ1n) is 43.2. The highest BCUT2D eigenvalue weighted by atomic mass is 127. The third kappa shape index (κ3) is 26.5. The van der Waals surface area contributed by atoms with Gasteiger partial charge in [-0.05, 0) is 295 Å². The maximum Gasteiger partial charge on any atom is 0.306 e. The van der Waals surface area contributed by atoms with Crippen LogP contribution in [0.5, 0.6) is 0 Å². The first-order chi connectivity index (χ1) is 62.9. The summed E-state index contributed by atoms with van der Waals surface area (Å²) in [6, 6.07) is 41.0. The number of carbonyl (C=O) groups is 5. The Hall–Kier alpha value is -8.96. The average Bonchev–Trinajstić information content (AvgIpc) is 1.57. The van der Waals surface area contributed by atoms with Gasteiger partial charge in [-0.2, -0.15) is 0 Å². The van der Waals surface area contributed by atoms with Crippen molar-refractivity contribution in [2.75, 3.05) is 75.4 Å². The van der Waals surface area contributed by atoms with Crippen LogP contribution in [-0.4, -0.2) is 163 Å². The van der Waals surface area contributed by atoms with Crippen LogP contribution in [0.3, 0.4) is 0 Å². The molecule has 38 heteroatoms. The number of nitrogen functional groups attached to an aromatic ring is 2. The standard InChI is InChI=1S/C25H26ClNO5S.C23H23BrClNO4S.C16H18BrNO4S.C16H19NO4S.C7H8INO2S.C7H9NO2S.C2H6/c1-4-32-23(29)11-17-7-10-20-22-13-19(33(3,30)31)12-21(15(2)28)25(22)27(24(17)20)14-16-5-8-18(26)9-6-16;1-3-30-21(27)10-15-6-9-18-19-11-17(31(2,28)29)12-20(24)23(19)26(22(15)18)13-14-4-7-16(25)8-5-14;1-3-22-14(19)6-9-4-5-11-12-7-10(23(2,20)21)8-13(17)16(12)18-15(9)11;1-3-21-15(18)8-10-4-6-12-13-9-11(22(2,19)20)5-7-14(13)17-16(10)12;1-12(10,11)5-2-3-7(9)6(8)4-5;1-11(9,10)7-4-2-6(8)3-5-7;1-2/h5-6,8-9,12-13,17H,4,7,10-11,14H2,1-3H3;4-5,7-8,11-12,15H,3,6,9-10,13H2,1-2H3;7-9,18H,3-6H2,1-2H3;5,7,9-10,17H,3-4,6,8H2,1-2H3;2-4H,9H2,1H3;2-5H,8H2,1H3;1-2H3. The van der Waals surface area contributed by atoms with E-state index in [1.165, 1.54) is 62.5 Å². The van der Waals surface area contributed by atoms with Crippen molar-refractivity contribution in [3.63, 3.8) is 0 Å². The minimum Gasteiger partial charge on any atom is -0.466 e. The monoisotopic (exact) mass is 2230 g/mol. The summed E-state index contributed by atoms with van der Waals surface area (Å²) < 4.78 is 167. The molecule has 4 atom stereocenters. The molecule has 0 saturated heterocycles. The van der Waals surface area contributed by atoms with Gasteiger partial charge in [0.15, 0.2) is 64.8 Å². The quantitative estimate of drug-likeness (QED) is 0.0152. The molecular weight excluding hydrogens is 2120 g/mol. The van der Waals surface area contributed by atoms with Gasteiger partial charge in [0.2, 0.25) is 0 Å². The number of ether oxygens (including phenoxy) is 4. The van der Waals surface area contributed by atoms with Gasteiger partial charge in [0.05, 0.1) is 98.0 Å². The number of rotatable bonds is 23. The Morgan fingerprint density at radius 3 is 1.17 bits per heavy atom. The van der Waals surface area contributed by atoms with Gasteiger partial charge < -0.3 is 49.5 Å². The van der Waals surface area contributed by atoms with Crippen LogP contribution in [0.2, 0.25) is 10.0 Å². The number of fused-ring (bicyclic) bond motifs is 12. The molecule has 4 heterocycles. The fourth-order valence-electron chi connectivity index (χ4n) is 17.1. The van der Waals surface area contributed by atoms with Crippen molar-refractivity contribution >= 4 is 221 Å². The summed E-state index contributed by atoms with van der Waals surface area (Å²) in [5, 5.41) is 4.85. The fourth-order valence-corrected chi connectivity index (χ4v) is 23.5. The summed E-state index contributed by atoms with van der Waals surface area (Å²) in [6.45, 7) is 15.1. The van der Waals surface area contributed by atoms with Crippen molar-refractivity contribution in [1.29, 1.82) is 0 Å². The summed E-state index contributed by atoms with van der Waals surface area (Å²) in [4.78, 5) is 69.0. The van der Waals surface area contributed by atoms with Gasteiger partial charge in [-0.3, -0.25) is 24.0 Å². The molecule has 27 nitrogen and oxygen atoms in total. The van der Waals surface area contributed by atoms with Crippen LogP contribution in [0.4, 0.5) is 11.4 Å². The first-order valence-corrected chi connectivity index (χ1v) is 57.9. The van der Waals surface area contributed by atoms with Gasteiger partial charge in [-0.1, -0.05) is 61.3 Å². The minimum atomic E-state index is -3.51. The van der Waals surface area contributed by atoms with Crippen LogP contribution < -0.4 is 11.5 Å². The second-order valence-electron chi connectivity index (χ2n) is 32.8. The number of ketones is 1. The molecule has 4 aliphatic rings. The second kappa shape index (κ2) is 45.1. The van der Waals surface area contributed by atoms with Gasteiger partial charge in [-0.25, -0.2) is 50.5 Å². The molecule has 0 bridgehead atoms. The molecule has 0 saturated carbocycles. The third-order valence-corrected chi connectivity index (χ3v) is 32.4. The number of carbonyl (C=O) groups excluding carboxylic acids is 5. The Kier molecular flexibility index (Phi) is 36.0. The van der Waals surface area contributed by atoms with Crippen LogP contribution in [0.15, 0.2) is 184 Å². The smallest absolute Gasteiger partial charge is 0.306 e. The van der Waals surface area contributed by atoms with Gasteiger partial charge in [0.1, 0.15) is 0 Å². The van der Waals surface area contributed by atoms with Gasteiger partial charge >= 0.3 is 23.9 Å². The maximum atomic E-state index is 12.7. The predicted molar refractivity (Wildman–Crippen MR) is 541 cm³/mol. The normalized spacial score (nSPS) is 15.4. The maximum absolute atomic E-state index is 12.7. The van der Waals surface area contributed by atoms with E-state index in [0.29, 0.717) is 117 Å². The molecule has 4 aliphatic carbocycles. The number of Topliss-reactive ketones (excluding diaryl/α,β-unsaturated/α-hetero) is 1. The van der Waals surface area contributed by atoms with Gasteiger partial charge in [0.25, 0.3) is 0 Å². The van der Waals surface area contributed by atoms with E-state index in [1.807, 2.05) is 85.0 Å². The number of nitrogens with two attached hydrogens (primary N) is 2. The van der Waals surface area contributed by atoms with Crippen molar-refractivity contribution in [3.8, 4) is 0 Å². The van der Waals surface area contributed by atoms with Crippen molar-refractivity contribution in [3.05, 3.63) is 230 Å². The molecule has 4 aromatic heterocycles. The highest BCUT2D eigenvalue weighted by Crippen LogP contribution is 2.49. The van der Waals surface area contributed by atoms with Crippen LogP contribution >= 0.6 is 77.7 Å². The number of sulfone groups is 6. The fraction of sp³-hybridized carbons (Fsp3) is 0.365. The van der Waals surface area contributed by atoms with Gasteiger partial charge in [0, 0.05) is 164 Å². The Bertz CT molecular complexity index is 7210. The SMILES string of the molecule is CC.CCOC(=O)CC1CCc2c1[nH]c1c(Br)cc(S(C)(=O)=O)cc21.CCOC(=O)CC1CCc2c1[nH]c1ccc(S(C)(=O)=O)cc21.CCOC(=O)CC1CCc2c1n(Cc1ccc(Cl)cc1)c1c(Br)cc(S(C)(=O)=O)cc21.CCOC(=O)CC1CCc2c1n(Cc1ccc(Cl)cc1)c1c(C(C)=O)cc(S(C)(=O)=O)cc21.CS(=O)(=O)c1ccc(N)c(I)c1.CS(=O)(=O)c1ccc(N)cc1. The molecule has 16 rings (SSSR count). The van der Waals surface area contributed by atoms with Gasteiger partial charge in [-0.15, -0.1) is 0 Å². The van der Waals surface area contributed by atoms with Crippen LogP contribution in [0, 0.1) is 3.57 Å². The molecule has 4 unspecified atom stereocenters. The number of hydrogen-bond donors (Lipinski definition) is 4. The van der Waals surface area contributed by atoms with Crippen LogP contribution in [-0.2, 0) is 136 Å². The van der Waals surface area contributed by atoms with Crippen LogP contribution in [0.1, 0.15) is 190 Å². The lowest BCUT2D eigenvalue weighted by Crippen LogP contribution is -2.14. The molecule has 0 spiro atoms. The molecule has 134 heavy (non-hydrogen) atoms. The molecular formula is C96H109Br2Cl2IN6O21S6. The minimum absolute atomic E-state index is 0.0299. The first kappa shape index (κ1) is 107. The number of anilines is 2. The lowest BCUT2D eigenvalue weighted by atomic mass is 10.0. The summed E-state index contributed by atoms with van der Waals surface area (Å²) >= 11 is 21.2. The Morgan fingerprint density at radius 1 is 0.410 bits per heavy atom. The van der Waals surface area contributed by atoms with E-state index in [-0.39, 0.29) is 69.5 Å². The molecule has 0 amide bonds. The number of benzene rings is 8. The lowest BCUT2D eigenvalue weighted by molar-refractivity contribution is -0.144. The number of aromatic amines is 2. The van der Waals surface area contributed by atoms with E-state index in [1.54, 1.807) is 100 Å². The zero-order valence-corrected chi connectivity index (χ0v) is 88.1. The van der Waals surface area contributed by atoms with Crippen molar-refractivity contribution in [2.45, 2.75) is 192 Å². The molecule has 12 aromatic rings. The summed E-state index contributed by atoms with van der Waals surface area (Å²) in [5.41, 5.74) is 26.5. The van der Waals surface area contributed by atoms with E-state index < -0.39 is 59.0 Å². The van der Waals surface area contributed by atoms with Crippen molar-refractivity contribution in [1.82, 2.24) is 19.1 Å². The number of hydrogen-bond acceptors (Lipinski definition) is 23. The van der Waals surface area contributed by atoms with E-state index in [4.69, 9.17) is 53.6 Å². The van der Waals surface area contributed by atoms with E-state index in [0.717, 1.165) is 158 Å². The topological polar surface area (TPSA) is 421 Å². The number of aryl methyl sites for hydroxylation is 4. The highest BCUT2D eigenvalue weighted by molar-refractivity contribution is 14.1. The van der Waals surface area contributed by atoms with E-state index >= 15 is 0 Å². The molecule has 0 fully saturated rings. The molecule has 720 valence electrons. The second-order valence-corrected chi connectivity index (χ2v) is 48.6. The molecule has 0 aliphatic heterocycles. The zero-order chi connectivity index (χ0) is 98.8. The number of H-pyrrole nitrogens is 2. The Morgan fingerprint density at radius 2 is 0.754 bits per heavy atom. The zero-order valence-electron chi connectivity index (χ0n) is 76.4. The number of nitrogens with zero attached hydrogens (tertiary/aromatic N) is 2. The largest absolute Gasteiger partial charge is 0.466 e. The lowest BCUT2D eigenvalue weighted by Gasteiger charge is -2.18. The summed E-state index contributed by atoms with van der Waals surface area (Å²) in [6.07, 6.45) is 14.9. The number of esters is 4. The Balaban J connectivity index is 0.000000172. The van der Waals surface area contributed by atoms with E-state index in [9.17, 15) is 74.5 Å². The van der Waals surface area contributed by atoms with E-state index in [2.05, 4.69) is 51.0 Å². The molecule has 0 radical (unpaired) electrons. The number of halogens is 5. The Labute approximate surface area is 823 Å². The van der Waals surface area contributed by atoms with Crippen molar-refractivity contribution < 1.29 is 93.4 Å². The third-order valence-electron chi connectivity index (χ3n) is 23.1. The molecule has 6 N–H and O–H groups in total.